The number of nitrogens with two attached hydrogens (primary N) is 1. The predicted molar refractivity (Wildman–Crippen MR) is 60.6 cm³/mol. The number of hydrogen-bond acceptors (Lipinski definition) is 4. The van der Waals surface area contributed by atoms with Crippen molar-refractivity contribution >= 4 is 28.3 Å². The van der Waals surface area contributed by atoms with Crippen LogP contribution in [0.2, 0.25) is 0 Å². The summed E-state index contributed by atoms with van der Waals surface area (Å²) in [5, 5.41) is 15.8. The number of carboxylic acid groups (broad SMARTS) is 2. The molecular weight excluding hydrogens is 230 g/mol. The van der Waals surface area contributed by atoms with Crippen LogP contribution in [0.5, 0.6) is 0 Å². The highest BCUT2D eigenvalue weighted by Crippen LogP contribution is 2.30. The Bertz CT molecular complexity index is 364. The number of rotatable bonds is 0. The molecule has 0 saturated carbocycles. The van der Waals surface area contributed by atoms with E-state index in [1.165, 1.54) is 36.1 Å². The monoisotopic (exact) mass is 243 g/mol. The number of aryl methyl sites for hydroxylation is 2. The molecule has 6 heteroatoms. The summed E-state index contributed by atoms with van der Waals surface area (Å²) in [6, 6.07) is 2.14. The Morgan fingerprint density at radius 2 is 1.75 bits per heavy atom. The second-order valence-corrected chi connectivity index (χ2v) is 4.58. The largest absolute Gasteiger partial charge is 0.473 e. The van der Waals surface area contributed by atoms with Crippen molar-refractivity contribution in [2.75, 3.05) is 5.73 Å². The van der Waals surface area contributed by atoms with Crippen molar-refractivity contribution in [3.05, 3.63) is 16.5 Å². The molecule has 1 aromatic rings. The van der Waals surface area contributed by atoms with E-state index in [9.17, 15) is 0 Å². The summed E-state index contributed by atoms with van der Waals surface area (Å²) in [4.78, 5) is 19.7. The van der Waals surface area contributed by atoms with Gasteiger partial charge in [0, 0.05) is 4.88 Å². The van der Waals surface area contributed by atoms with E-state index in [0.717, 1.165) is 5.00 Å². The van der Waals surface area contributed by atoms with Crippen molar-refractivity contribution in [2.45, 2.75) is 25.7 Å². The SMILES string of the molecule is Nc1cc2c(s1)CCCC2.O=C(O)C(=O)O. The zero-order chi connectivity index (χ0) is 12.1. The summed E-state index contributed by atoms with van der Waals surface area (Å²) in [6.07, 6.45) is 5.22. The van der Waals surface area contributed by atoms with Gasteiger partial charge < -0.3 is 15.9 Å². The van der Waals surface area contributed by atoms with Crippen molar-refractivity contribution in [3.63, 3.8) is 0 Å². The van der Waals surface area contributed by atoms with Gasteiger partial charge in [-0.15, -0.1) is 11.3 Å². The molecule has 2 rings (SSSR count). The van der Waals surface area contributed by atoms with Crippen LogP contribution in [0.25, 0.3) is 0 Å². The van der Waals surface area contributed by atoms with Crippen LogP contribution in [-0.4, -0.2) is 22.2 Å². The second-order valence-electron chi connectivity index (χ2n) is 3.41. The molecule has 4 N–H and O–H groups in total. The van der Waals surface area contributed by atoms with Crippen LogP contribution in [-0.2, 0) is 22.4 Å². The van der Waals surface area contributed by atoms with Gasteiger partial charge in [0.1, 0.15) is 0 Å². The van der Waals surface area contributed by atoms with Crippen LogP contribution in [0.4, 0.5) is 5.00 Å². The molecule has 1 aromatic heterocycles. The number of carbonyl (C=O) groups is 2. The van der Waals surface area contributed by atoms with Crippen molar-refractivity contribution in [2.24, 2.45) is 0 Å². The lowest BCUT2D eigenvalue weighted by Crippen LogP contribution is -2.09. The molecule has 0 fully saturated rings. The number of anilines is 1. The maximum atomic E-state index is 9.10. The lowest BCUT2D eigenvalue weighted by Gasteiger charge is -2.08. The maximum Gasteiger partial charge on any atom is 0.414 e. The molecule has 5 nitrogen and oxygen atoms in total. The molecule has 16 heavy (non-hydrogen) atoms. The number of hydrogen-bond donors (Lipinski definition) is 3. The molecule has 0 unspecified atom stereocenters. The number of thiophene rings is 1. The molecule has 0 saturated heterocycles. The third-order valence-corrected chi connectivity index (χ3v) is 3.26. The summed E-state index contributed by atoms with van der Waals surface area (Å²) in [5.41, 5.74) is 7.18. The van der Waals surface area contributed by atoms with Crippen molar-refractivity contribution in [3.8, 4) is 0 Å². The van der Waals surface area contributed by atoms with Gasteiger partial charge in [-0.1, -0.05) is 0 Å². The van der Waals surface area contributed by atoms with Gasteiger partial charge in [-0.25, -0.2) is 9.59 Å². The Labute approximate surface area is 96.5 Å². The summed E-state index contributed by atoms with van der Waals surface area (Å²) in [6.45, 7) is 0. The molecule has 0 aliphatic heterocycles. The van der Waals surface area contributed by atoms with Crippen LogP contribution in [0.15, 0.2) is 6.07 Å². The van der Waals surface area contributed by atoms with E-state index >= 15 is 0 Å². The highest BCUT2D eigenvalue weighted by atomic mass is 32.1. The third kappa shape index (κ3) is 3.54. The summed E-state index contributed by atoms with van der Waals surface area (Å²) in [7, 11) is 0. The lowest BCUT2D eigenvalue weighted by molar-refractivity contribution is -0.159. The third-order valence-electron chi connectivity index (χ3n) is 2.20. The van der Waals surface area contributed by atoms with Crippen LogP contribution >= 0.6 is 11.3 Å². The van der Waals surface area contributed by atoms with Crippen LogP contribution < -0.4 is 5.73 Å². The quantitative estimate of drug-likeness (QED) is 0.597. The van der Waals surface area contributed by atoms with E-state index < -0.39 is 11.9 Å². The molecule has 0 radical (unpaired) electrons. The molecule has 1 aliphatic rings. The van der Waals surface area contributed by atoms with Gasteiger partial charge in [-0.05, 0) is 37.3 Å². The average molecular weight is 243 g/mol. The molecule has 1 heterocycles. The first-order valence-corrected chi connectivity index (χ1v) is 5.65. The highest BCUT2D eigenvalue weighted by Gasteiger charge is 2.11. The Morgan fingerprint density at radius 3 is 2.25 bits per heavy atom. The van der Waals surface area contributed by atoms with Gasteiger partial charge in [-0.2, -0.15) is 0 Å². The molecule has 1 aliphatic carbocycles. The normalized spacial score (nSPS) is 13.2. The van der Waals surface area contributed by atoms with Crippen LogP contribution in [0, 0.1) is 0 Å². The standard InChI is InChI=1S/C8H11NS.C2H2O4/c9-8-5-6-3-1-2-4-7(6)10-8;3-1(4)2(5)6/h5H,1-4,9H2;(H,3,4)(H,5,6). The van der Waals surface area contributed by atoms with E-state index in [1.807, 2.05) is 0 Å². The zero-order valence-corrected chi connectivity index (χ0v) is 9.42. The van der Waals surface area contributed by atoms with Gasteiger partial charge >= 0.3 is 11.9 Å². The first kappa shape index (κ1) is 12.5. The van der Waals surface area contributed by atoms with Gasteiger partial charge in [0.25, 0.3) is 0 Å². The van der Waals surface area contributed by atoms with E-state index in [4.69, 9.17) is 25.5 Å². The minimum absolute atomic E-state index is 0.993. The lowest BCUT2D eigenvalue weighted by atomic mass is 10.00. The topological polar surface area (TPSA) is 101 Å². The zero-order valence-electron chi connectivity index (χ0n) is 8.60. The Balaban J connectivity index is 0.000000187. The van der Waals surface area contributed by atoms with Gasteiger partial charge in [0.05, 0.1) is 5.00 Å². The molecule has 0 bridgehead atoms. The van der Waals surface area contributed by atoms with Gasteiger partial charge in [0.2, 0.25) is 0 Å². The molecule has 0 aromatic carbocycles. The van der Waals surface area contributed by atoms with Gasteiger partial charge in [0.15, 0.2) is 0 Å². The molecule has 0 atom stereocenters. The first-order valence-electron chi connectivity index (χ1n) is 4.84. The Kier molecular flexibility index (Phi) is 4.30. The van der Waals surface area contributed by atoms with Crippen LogP contribution in [0.3, 0.4) is 0 Å². The molecular formula is C10H13NO4S. The maximum absolute atomic E-state index is 9.10. The highest BCUT2D eigenvalue weighted by molar-refractivity contribution is 7.16. The summed E-state index contributed by atoms with van der Waals surface area (Å²) < 4.78 is 0. The van der Waals surface area contributed by atoms with E-state index in [2.05, 4.69) is 6.07 Å². The van der Waals surface area contributed by atoms with E-state index in [-0.39, 0.29) is 0 Å². The minimum atomic E-state index is -1.82. The average Bonchev–Trinajstić information content (AvgIpc) is 2.58. The second kappa shape index (κ2) is 5.50. The molecule has 0 spiro atoms. The Morgan fingerprint density at radius 1 is 1.19 bits per heavy atom. The van der Waals surface area contributed by atoms with Crippen molar-refractivity contribution < 1.29 is 19.8 Å². The number of carboxylic acids is 2. The minimum Gasteiger partial charge on any atom is -0.473 e. The smallest absolute Gasteiger partial charge is 0.414 e. The predicted octanol–water partition coefficient (Wildman–Crippen LogP) is 1.36. The first-order chi connectivity index (χ1) is 7.50. The van der Waals surface area contributed by atoms with Crippen molar-refractivity contribution in [1.82, 2.24) is 0 Å². The summed E-state index contributed by atoms with van der Waals surface area (Å²) in [5.74, 6) is -3.65. The fourth-order valence-electron chi connectivity index (χ4n) is 1.51. The number of nitrogen functional groups attached to an aromatic ring is 1. The van der Waals surface area contributed by atoms with Crippen LogP contribution in [0.1, 0.15) is 23.3 Å². The van der Waals surface area contributed by atoms with Gasteiger partial charge in [-0.3, -0.25) is 0 Å². The van der Waals surface area contributed by atoms with E-state index in [1.54, 1.807) is 11.3 Å². The Hall–Kier alpha value is -1.56. The summed E-state index contributed by atoms with van der Waals surface area (Å²) >= 11 is 1.77. The fraction of sp³-hybridized carbons (Fsp3) is 0.400. The molecule has 0 amide bonds. The van der Waals surface area contributed by atoms with E-state index in [0.29, 0.717) is 0 Å². The fourth-order valence-corrected chi connectivity index (χ4v) is 2.54. The number of fused-ring (bicyclic) bond motifs is 1. The number of aliphatic carboxylic acids is 2. The molecule has 88 valence electrons. The van der Waals surface area contributed by atoms with Crippen molar-refractivity contribution in [1.29, 1.82) is 0 Å².